The number of fused-ring (bicyclic) bond motifs is 1. The zero-order chi connectivity index (χ0) is 16.2. The highest BCUT2D eigenvalue weighted by molar-refractivity contribution is 5.74. The molecule has 2 N–H and O–H groups in total. The molecule has 1 heterocycles. The Morgan fingerprint density at radius 3 is 2.39 bits per heavy atom. The third-order valence-corrected chi connectivity index (χ3v) is 5.09. The van der Waals surface area contributed by atoms with Crippen LogP contribution in [0.2, 0.25) is 0 Å². The molecule has 2 amide bonds. The summed E-state index contributed by atoms with van der Waals surface area (Å²) in [5, 5.41) is 6.22. The molecule has 3 rings (SSSR count). The summed E-state index contributed by atoms with van der Waals surface area (Å²) in [4.78, 5) is 14.7. The van der Waals surface area contributed by atoms with Crippen molar-refractivity contribution in [3.63, 3.8) is 0 Å². The number of hydrogen-bond donors (Lipinski definition) is 2. The van der Waals surface area contributed by atoms with Crippen LogP contribution in [0.4, 0.5) is 4.79 Å². The second-order valence-electron chi connectivity index (χ2n) is 6.67. The Morgan fingerprint density at radius 1 is 1.17 bits per heavy atom. The fraction of sp³-hybridized carbons (Fsp3) is 0.611. The van der Waals surface area contributed by atoms with Crippen molar-refractivity contribution in [3.8, 4) is 0 Å². The molecule has 1 aromatic rings. The molecule has 23 heavy (non-hydrogen) atoms. The van der Waals surface area contributed by atoms with Crippen molar-refractivity contribution >= 4 is 6.03 Å². The van der Waals surface area contributed by atoms with Crippen LogP contribution in [0.15, 0.2) is 24.3 Å². The number of nitrogens with one attached hydrogen (secondary N) is 2. The summed E-state index contributed by atoms with van der Waals surface area (Å²) in [5.41, 5.74) is 2.71. The van der Waals surface area contributed by atoms with Gasteiger partial charge in [0.15, 0.2) is 0 Å². The van der Waals surface area contributed by atoms with Gasteiger partial charge in [0.25, 0.3) is 0 Å². The molecule has 0 spiro atoms. The molecule has 2 atom stereocenters. The quantitative estimate of drug-likeness (QED) is 0.886. The maximum atomic E-state index is 12.3. The van der Waals surface area contributed by atoms with Crippen molar-refractivity contribution in [3.05, 3.63) is 35.4 Å². The van der Waals surface area contributed by atoms with Gasteiger partial charge in [-0.05, 0) is 37.8 Å². The first-order valence-electron chi connectivity index (χ1n) is 8.59. The molecule has 0 aromatic heterocycles. The van der Waals surface area contributed by atoms with E-state index in [1.165, 1.54) is 11.1 Å². The molecule has 126 valence electrons. The minimum atomic E-state index is -0.0598. The first-order valence-corrected chi connectivity index (χ1v) is 8.59. The van der Waals surface area contributed by atoms with Crippen LogP contribution in [0.3, 0.4) is 0 Å². The molecular formula is C18H27N3O2. The Labute approximate surface area is 138 Å². The van der Waals surface area contributed by atoms with Crippen LogP contribution in [-0.4, -0.2) is 55.4 Å². The van der Waals surface area contributed by atoms with Crippen molar-refractivity contribution in [2.75, 3.05) is 26.3 Å². The molecule has 2 aliphatic rings. The van der Waals surface area contributed by atoms with Crippen molar-refractivity contribution in [2.45, 2.75) is 44.8 Å². The minimum Gasteiger partial charge on any atom is -0.379 e. The van der Waals surface area contributed by atoms with Crippen LogP contribution in [-0.2, 0) is 17.6 Å². The predicted octanol–water partition coefficient (Wildman–Crippen LogP) is 1.56. The highest BCUT2D eigenvalue weighted by Gasteiger charge is 2.26. The normalized spacial score (nSPS) is 21.5. The molecule has 1 fully saturated rings. The largest absolute Gasteiger partial charge is 0.379 e. The van der Waals surface area contributed by atoms with Crippen LogP contribution in [0.25, 0.3) is 0 Å². The van der Waals surface area contributed by atoms with Crippen LogP contribution in [0, 0.1) is 0 Å². The number of carbonyl (C=O) groups excluding carboxylic acids is 1. The molecule has 0 bridgehead atoms. The first-order chi connectivity index (χ1) is 11.1. The summed E-state index contributed by atoms with van der Waals surface area (Å²) < 4.78 is 5.39. The van der Waals surface area contributed by atoms with Crippen molar-refractivity contribution < 1.29 is 9.53 Å². The molecule has 0 saturated carbocycles. The number of ether oxygens (including phenoxy) is 1. The van der Waals surface area contributed by atoms with E-state index in [1.54, 1.807) is 0 Å². The number of rotatable bonds is 4. The van der Waals surface area contributed by atoms with E-state index in [-0.39, 0.29) is 18.1 Å². The molecular weight excluding hydrogens is 290 g/mol. The van der Waals surface area contributed by atoms with E-state index in [9.17, 15) is 4.79 Å². The van der Waals surface area contributed by atoms with Gasteiger partial charge in [-0.2, -0.15) is 0 Å². The van der Waals surface area contributed by atoms with Gasteiger partial charge in [-0.1, -0.05) is 24.3 Å². The summed E-state index contributed by atoms with van der Waals surface area (Å²) in [6, 6.07) is 8.99. The average Bonchev–Trinajstić information content (AvgIpc) is 2.96. The number of urea groups is 1. The van der Waals surface area contributed by atoms with Gasteiger partial charge in [-0.25, -0.2) is 4.79 Å². The zero-order valence-corrected chi connectivity index (χ0v) is 14.0. The standard InChI is InChI=1S/C18H27N3O2/c1-13(14(2)21-7-9-23-10-8-21)19-18(22)20-17-11-15-5-3-4-6-16(15)12-17/h3-6,13-14,17H,7-12H2,1-2H3,(H2,19,20,22)/t13-,14+/m0/s1. The highest BCUT2D eigenvalue weighted by Crippen LogP contribution is 2.21. The van der Waals surface area contributed by atoms with Gasteiger partial charge >= 0.3 is 6.03 Å². The number of amides is 2. The Balaban J connectivity index is 1.46. The lowest BCUT2D eigenvalue weighted by atomic mass is 10.1. The van der Waals surface area contributed by atoms with Gasteiger partial charge in [0, 0.05) is 31.2 Å². The van der Waals surface area contributed by atoms with E-state index in [2.05, 4.69) is 53.6 Å². The number of nitrogens with zero attached hydrogens (tertiary/aromatic N) is 1. The Hall–Kier alpha value is -1.59. The number of hydrogen-bond acceptors (Lipinski definition) is 3. The van der Waals surface area contributed by atoms with Gasteiger partial charge in [-0.3, -0.25) is 4.90 Å². The SMILES string of the molecule is C[C@H](NC(=O)NC1Cc2ccccc2C1)[C@@H](C)N1CCOCC1. The fourth-order valence-corrected chi connectivity index (χ4v) is 3.52. The molecule has 5 nitrogen and oxygen atoms in total. The van der Waals surface area contributed by atoms with Gasteiger partial charge < -0.3 is 15.4 Å². The molecule has 1 aliphatic carbocycles. The molecule has 0 unspecified atom stereocenters. The van der Waals surface area contributed by atoms with Gasteiger partial charge in [0.2, 0.25) is 0 Å². The second-order valence-corrected chi connectivity index (χ2v) is 6.67. The van der Waals surface area contributed by atoms with Gasteiger partial charge in [-0.15, -0.1) is 0 Å². The maximum absolute atomic E-state index is 12.3. The Morgan fingerprint density at radius 2 is 1.78 bits per heavy atom. The molecule has 1 aromatic carbocycles. The molecule has 5 heteroatoms. The van der Waals surface area contributed by atoms with E-state index in [1.807, 2.05) is 0 Å². The lowest BCUT2D eigenvalue weighted by Gasteiger charge is -2.36. The Kier molecular flexibility index (Phi) is 5.18. The van der Waals surface area contributed by atoms with E-state index < -0.39 is 0 Å². The minimum absolute atomic E-state index is 0.0598. The van der Waals surface area contributed by atoms with Gasteiger partial charge in [0.05, 0.1) is 13.2 Å². The van der Waals surface area contributed by atoms with Crippen molar-refractivity contribution in [1.82, 2.24) is 15.5 Å². The summed E-state index contributed by atoms with van der Waals surface area (Å²) in [5.74, 6) is 0. The molecule has 1 saturated heterocycles. The number of carbonyl (C=O) groups is 1. The third-order valence-electron chi connectivity index (χ3n) is 5.09. The predicted molar refractivity (Wildman–Crippen MR) is 90.6 cm³/mol. The van der Waals surface area contributed by atoms with Crippen LogP contribution in [0.5, 0.6) is 0 Å². The topological polar surface area (TPSA) is 53.6 Å². The van der Waals surface area contributed by atoms with Crippen LogP contribution in [0.1, 0.15) is 25.0 Å². The monoisotopic (exact) mass is 317 g/mol. The molecule has 1 aliphatic heterocycles. The van der Waals surface area contributed by atoms with E-state index in [4.69, 9.17) is 4.74 Å². The summed E-state index contributed by atoms with van der Waals surface area (Å²) in [6.45, 7) is 7.68. The Bertz CT molecular complexity index is 518. The fourth-order valence-electron chi connectivity index (χ4n) is 3.52. The van der Waals surface area contributed by atoms with E-state index in [0.29, 0.717) is 6.04 Å². The lowest BCUT2D eigenvalue weighted by molar-refractivity contribution is 0.0144. The van der Waals surface area contributed by atoms with Crippen LogP contribution >= 0.6 is 0 Å². The highest BCUT2D eigenvalue weighted by atomic mass is 16.5. The van der Waals surface area contributed by atoms with Crippen molar-refractivity contribution in [2.24, 2.45) is 0 Å². The number of benzene rings is 1. The van der Waals surface area contributed by atoms with Crippen molar-refractivity contribution in [1.29, 1.82) is 0 Å². The molecule has 0 radical (unpaired) electrons. The summed E-state index contributed by atoms with van der Waals surface area (Å²) in [6.07, 6.45) is 1.86. The third kappa shape index (κ3) is 4.03. The number of morpholine rings is 1. The summed E-state index contributed by atoms with van der Waals surface area (Å²) >= 11 is 0. The van der Waals surface area contributed by atoms with E-state index in [0.717, 1.165) is 39.1 Å². The van der Waals surface area contributed by atoms with Crippen LogP contribution < -0.4 is 10.6 Å². The van der Waals surface area contributed by atoms with E-state index >= 15 is 0 Å². The first kappa shape index (κ1) is 16.3. The van der Waals surface area contributed by atoms with Gasteiger partial charge in [0.1, 0.15) is 0 Å². The second kappa shape index (κ2) is 7.32. The lowest BCUT2D eigenvalue weighted by Crippen LogP contribution is -2.54. The smallest absolute Gasteiger partial charge is 0.315 e. The zero-order valence-electron chi connectivity index (χ0n) is 14.0. The average molecular weight is 317 g/mol. The summed E-state index contributed by atoms with van der Waals surface area (Å²) in [7, 11) is 0. The maximum Gasteiger partial charge on any atom is 0.315 e.